The maximum absolute atomic E-state index is 6.20. The van der Waals surface area contributed by atoms with Crippen molar-refractivity contribution in [2.45, 2.75) is 25.9 Å². The highest BCUT2D eigenvalue weighted by molar-refractivity contribution is 7.07. The van der Waals surface area contributed by atoms with Crippen LogP contribution in [0.25, 0.3) is 0 Å². The molecule has 1 nitrogen and oxygen atoms in total. The molecule has 0 radical (unpaired) electrons. The minimum atomic E-state index is 0.158. The van der Waals surface area contributed by atoms with E-state index in [2.05, 4.69) is 36.0 Å². The highest BCUT2D eigenvalue weighted by Gasteiger charge is 2.14. The molecular formula is C14H15Cl2NS. The van der Waals surface area contributed by atoms with Crippen molar-refractivity contribution in [3.8, 4) is 0 Å². The van der Waals surface area contributed by atoms with Crippen molar-refractivity contribution >= 4 is 34.5 Å². The van der Waals surface area contributed by atoms with Crippen molar-refractivity contribution in [1.82, 2.24) is 5.32 Å². The van der Waals surface area contributed by atoms with Gasteiger partial charge >= 0.3 is 0 Å². The van der Waals surface area contributed by atoms with Crippen LogP contribution in [-0.4, -0.2) is 0 Å². The second-order valence-corrected chi connectivity index (χ2v) is 5.96. The third-order valence-electron chi connectivity index (χ3n) is 2.97. The first-order valence-electron chi connectivity index (χ1n) is 5.81. The predicted octanol–water partition coefficient (Wildman–Crippen LogP) is 5.47. The van der Waals surface area contributed by atoms with E-state index < -0.39 is 0 Å². The fourth-order valence-corrected chi connectivity index (χ4v) is 3.14. The highest BCUT2D eigenvalue weighted by atomic mass is 35.5. The highest BCUT2D eigenvalue weighted by Crippen LogP contribution is 2.28. The Kier molecular flexibility index (Phi) is 4.68. The lowest BCUT2D eigenvalue weighted by Gasteiger charge is -2.21. The first kappa shape index (κ1) is 13.9. The van der Waals surface area contributed by atoms with Gasteiger partial charge in [0.2, 0.25) is 0 Å². The Morgan fingerprint density at radius 3 is 2.56 bits per heavy atom. The van der Waals surface area contributed by atoms with Gasteiger partial charge in [0, 0.05) is 22.1 Å². The Morgan fingerprint density at radius 1 is 1.11 bits per heavy atom. The number of thiophene rings is 1. The van der Waals surface area contributed by atoms with E-state index in [4.69, 9.17) is 23.2 Å². The molecule has 2 aromatic rings. The smallest absolute Gasteiger partial charge is 0.0454 e. The summed E-state index contributed by atoms with van der Waals surface area (Å²) < 4.78 is 0. The third-order valence-corrected chi connectivity index (χ3v) is 4.25. The van der Waals surface area contributed by atoms with E-state index in [9.17, 15) is 0 Å². The summed E-state index contributed by atoms with van der Waals surface area (Å²) in [5.41, 5.74) is 2.33. The Morgan fingerprint density at radius 2 is 1.89 bits per heavy atom. The van der Waals surface area contributed by atoms with E-state index in [1.165, 1.54) is 5.56 Å². The molecule has 0 aliphatic rings. The van der Waals surface area contributed by atoms with Gasteiger partial charge < -0.3 is 5.32 Å². The molecule has 0 saturated heterocycles. The second kappa shape index (κ2) is 6.07. The van der Waals surface area contributed by atoms with Crippen LogP contribution in [0.3, 0.4) is 0 Å². The van der Waals surface area contributed by atoms with Gasteiger partial charge in [-0.3, -0.25) is 0 Å². The van der Waals surface area contributed by atoms with Crippen LogP contribution in [0.2, 0.25) is 10.0 Å². The Balaban J connectivity index is 2.12. The van der Waals surface area contributed by atoms with Gasteiger partial charge in [0.05, 0.1) is 0 Å². The van der Waals surface area contributed by atoms with Gasteiger partial charge in [-0.25, -0.2) is 0 Å². The number of benzene rings is 1. The number of halogens is 2. The molecule has 96 valence electrons. The van der Waals surface area contributed by atoms with Crippen molar-refractivity contribution in [3.05, 3.63) is 56.2 Å². The Bertz CT molecular complexity index is 511. The van der Waals surface area contributed by atoms with Gasteiger partial charge in [0.25, 0.3) is 0 Å². The Labute approximate surface area is 122 Å². The molecule has 0 spiro atoms. The molecular weight excluding hydrogens is 285 g/mol. The molecule has 0 saturated carbocycles. The van der Waals surface area contributed by atoms with Crippen molar-refractivity contribution in [1.29, 1.82) is 0 Å². The molecule has 1 aromatic heterocycles. The number of hydrogen-bond donors (Lipinski definition) is 1. The minimum absolute atomic E-state index is 0.158. The van der Waals surface area contributed by atoms with Crippen LogP contribution in [0.15, 0.2) is 35.0 Å². The van der Waals surface area contributed by atoms with Crippen molar-refractivity contribution in [3.63, 3.8) is 0 Å². The molecule has 2 atom stereocenters. The van der Waals surface area contributed by atoms with Crippen LogP contribution in [0.4, 0.5) is 0 Å². The lowest BCUT2D eigenvalue weighted by Crippen LogP contribution is -2.22. The molecule has 0 amide bonds. The minimum Gasteiger partial charge on any atom is -0.304 e. The maximum Gasteiger partial charge on any atom is 0.0454 e. The van der Waals surface area contributed by atoms with Gasteiger partial charge in [0.15, 0.2) is 0 Å². The van der Waals surface area contributed by atoms with Crippen LogP contribution < -0.4 is 5.32 Å². The van der Waals surface area contributed by atoms with Gasteiger partial charge in [-0.1, -0.05) is 23.2 Å². The van der Waals surface area contributed by atoms with Crippen molar-refractivity contribution in [2.75, 3.05) is 0 Å². The average Bonchev–Trinajstić information content (AvgIpc) is 2.85. The van der Waals surface area contributed by atoms with Gasteiger partial charge in [-0.15, -0.1) is 0 Å². The zero-order valence-corrected chi connectivity index (χ0v) is 12.6. The fourth-order valence-electron chi connectivity index (χ4n) is 1.93. The molecule has 1 heterocycles. The molecule has 0 bridgehead atoms. The maximum atomic E-state index is 6.20. The fraction of sp³-hybridized carbons (Fsp3) is 0.286. The summed E-state index contributed by atoms with van der Waals surface area (Å²) in [5.74, 6) is 0. The van der Waals surface area contributed by atoms with Crippen LogP contribution in [0.5, 0.6) is 0 Å². The van der Waals surface area contributed by atoms with Crippen molar-refractivity contribution in [2.24, 2.45) is 0 Å². The van der Waals surface area contributed by atoms with Crippen LogP contribution in [-0.2, 0) is 0 Å². The van der Waals surface area contributed by atoms with Gasteiger partial charge in [-0.2, -0.15) is 11.3 Å². The summed E-state index contributed by atoms with van der Waals surface area (Å²) in [4.78, 5) is 0. The molecule has 0 aliphatic heterocycles. The lowest BCUT2D eigenvalue weighted by molar-refractivity contribution is 0.496. The standard InChI is InChI=1S/C14H15Cl2NS/c1-9(11-5-6-18-8-11)17-10(2)13-7-12(15)3-4-14(13)16/h3-10,17H,1-2H3. The van der Waals surface area contributed by atoms with Crippen LogP contribution >= 0.6 is 34.5 Å². The largest absolute Gasteiger partial charge is 0.304 e. The van der Waals surface area contributed by atoms with E-state index >= 15 is 0 Å². The number of nitrogens with one attached hydrogen (secondary N) is 1. The molecule has 18 heavy (non-hydrogen) atoms. The molecule has 4 heteroatoms. The van der Waals surface area contributed by atoms with E-state index in [0.29, 0.717) is 11.1 Å². The molecule has 0 aliphatic carbocycles. The van der Waals surface area contributed by atoms with E-state index in [1.54, 1.807) is 11.3 Å². The normalized spacial score (nSPS) is 14.4. The average molecular weight is 300 g/mol. The monoisotopic (exact) mass is 299 g/mol. The van der Waals surface area contributed by atoms with Gasteiger partial charge in [0.1, 0.15) is 0 Å². The quantitative estimate of drug-likeness (QED) is 0.789. The van der Waals surface area contributed by atoms with E-state index in [0.717, 1.165) is 10.6 Å². The van der Waals surface area contributed by atoms with Crippen molar-refractivity contribution < 1.29 is 0 Å². The predicted molar refractivity (Wildman–Crippen MR) is 80.7 cm³/mol. The summed E-state index contributed by atoms with van der Waals surface area (Å²) >= 11 is 13.9. The first-order chi connectivity index (χ1) is 8.58. The van der Waals surface area contributed by atoms with Crippen LogP contribution in [0, 0.1) is 0 Å². The summed E-state index contributed by atoms with van der Waals surface area (Å²) in [5, 5.41) is 9.24. The second-order valence-electron chi connectivity index (χ2n) is 4.33. The third kappa shape index (κ3) is 3.27. The summed E-state index contributed by atoms with van der Waals surface area (Å²) in [6, 6.07) is 8.15. The molecule has 0 fully saturated rings. The number of hydrogen-bond acceptors (Lipinski definition) is 2. The van der Waals surface area contributed by atoms with Gasteiger partial charge in [-0.05, 0) is 60.0 Å². The molecule has 2 unspecified atom stereocenters. The Hall–Kier alpha value is -0.540. The van der Waals surface area contributed by atoms with E-state index in [1.807, 2.05) is 18.2 Å². The zero-order valence-electron chi connectivity index (χ0n) is 10.3. The molecule has 1 aromatic carbocycles. The topological polar surface area (TPSA) is 12.0 Å². The first-order valence-corrected chi connectivity index (χ1v) is 7.51. The number of rotatable bonds is 4. The summed E-state index contributed by atoms with van der Waals surface area (Å²) in [6.45, 7) is 4.25. The SMILES string of the molecule is CC(NC(C)c1cc(Cl)ccc1Cl)c1ccsc1. The zero-order chi connectivity index (χ0) is 13.1. The van der Waals surface area contributed by atoms with E-state index in [-0.39, 0.29) is 6.04 Å². The summed E-state index contributed by atoms with van der Waals surface area (Å²) in [7, 11) is 0. The van der Waals surface area contributed by atoms with Crippen LogP contribution in [0.1, 0.15) is 37.1 Å². The molecule has 1 N–H and O–H groups in total. The molecule has 2 rings (SSSR count). The lowest BCUT2D eigenvalue weighted by atomic mass is 10.1. The summed E-state index contributed by atoms with van der Waals surface area (Å²) in [6.07, 6.45) is 0.